The molecule has 0 amide bonds. The molecule has 5 heteroatoms. The van der Waals surface area contributed by atoms with E-state index in [1.54, 1.807) is 13.0 Å². The first-order valence-electron chi connectivity index (χ1n) is 5.87. The Morgan fingerprint density at radius 1 is 1.35 bits per heavy atom. The molecule has 0 aromatic heterocycles. The van der Waals surface area contributed by atoms with Gasteiger partial charge in [-0.2, -0.15) is 0 Å². The van der Waals surface area contributed by atoms with Crippen molar-refractivity contribution in [2.24, 2.45) is 0 Å². The lowest BCUT2D eigenvalue weighted by atomic mass is 10.4. The number of halogens is 1. The van der Waals surface area contributed by atoms with Crippen LogP contribution in [0.1, 0.15) is 26.7 Å². The fourth-order valence-electron chi connectivity index (χ4n) is 0.994. The van der Waals surface area contributed by atoms with Gasteiger partial charge < -0.3 is 14.2 Å². The molecule has 0 radical (unpaired) electrons. The molecule has 0 saturated carbocycles. The second-order valence-electron chi connectivity index (χ2n) is 3.30. The third-order valence-corrected chi connectivity index (χ3v) is 2.57. The zero-order valence-corrected chi connectivity index (χ0v) is 12.6. The van der Waals surface area contributed by atoms with E-state index < -0.39 is 0 Å². The molecular formula is C12H21IO4. The van der Waals surface area contributed by atoms with Crippen LogP contribution in [-0.2, 0) is 19.0 Å². The van der Waals surface area contributed by atoms with Gasteiger partial charge in [-0.1, -0.05) is 42.0 Å². The fourth-order valence-corrected chi connectivity index (χ4v) is 1.50. The standard InChI is InChI=1S/C12H21IO4/c1-3-5-8-16-12(10-13)17-9-6-7-11(14)15-4-2/h6-7,12H,3-5,8-10H2,1-2H3/b7-6+. The van der Waals surface area contributed by atoms with Crippen LogP contribution < -0.4 is 0 Å². The molecular weight excluding hydrogens is 335 g/mol. The lowest BCUT2D eigenvalue weighted by molar-refractivity contribution is -0.137. The van der Waals surface area contributed by atoms with Gasteiger partial charge in [0.1, 0.15) is 0 Å². The van der Waals surface area contributed by atoms with Crippen molar-refractivity contribution >= 4 is 28.6 Å². The van der Waals surface area contributed by atoms with E-state index >= 15 is 0 Å². The smallest absolute Gasteiger partial charge is 0.330 e. The van der Waals surface area contributed by atoms with Crippen molar-refractivity contribution in [2.75, 3.05) is 24.2 Å². The van der Waals surface area contributed by atoms with Gasteiger partial charge in [-0.3, -0.25) is 0 Å². The molecule has 1 atom stereocenters. The van der Waals surface area contributed by atoms with Gasteiger partial charge in [0.15, 0.2) is 6.29 Å². The lowest BCUT2D eigenvalue weighted by Crippen LogP contribution is -2.19. The molecule has 0 aliphatic carbocycles. The molecule has 0 bridgehead atoms. The van der Waals surface area contributed by atoms with Crippen LogP contribution in [0, 0.1) is 0 Å². The molecule has 0 heterocycles. The maximum atomic E-state index is 11.0. The number of unbranched alkanes of at least 4 members (excludes halogenated alkanes) is 1. The quantitative estimate of drug-likeness (QED) is 0.151. The highest BCUT2D eigenvalue weighted by Crippen LogP contribution is 2.02. The fraction of sp³-hybridized carbons (Fsp3) is 0.750. The number of carbonyl (C=O) groups is 1. The van der Waals surface area contributed by atoms with Crippen LogP contribution in [0.15, 0.2) is 12.2 Å². The Kier molecular flexibility index (Phi) is 12.2. The Morgan fingerprint density at radius 2 is 2.12 bits per heavy atom. The van der Waals surface area contributed by atoms with E-state index in [0.717, 1.165) is 17.3 Å². The van der Waals surface area contributed by atoms with Gasteiger partial charge in [-0.25, -0.2) is 4.79 Å². The third kappa shape index (κ3) is 10.7. The summed E-state index contributed by atoms with van der Waals surface area (Å²) in [7, 11) is 0. The summed E-state index contributed by atoms with van der Waals surface area (Å²) in [5, 5.41) is 0. The summed E-state index contributed by atoms with van der Waals surface area (Å²) in [5.41, 5.74) is 0. The normalized spacial score (nSPS) is 12.9. The number of esters is 1. The van der Waals surface area contributed by atoms with E-state index in [-0.39, 0.29) is 12.3 Å². The van der Waals surface area contributed by atoms with Crippen LogP contribution in [-0.4, -0.2) is 36.5 Å². The highest BCUT2D eigenvalue weighted by Gasteiger charge is 2.05. The van der Waals surface area contributed by atoms with Crippen LogP contribution in [0.3, 0.4) is 0 Å². The Labute approximate surface area is 117 Å². The van der Waals surface area contributed by atoms with Crippen LogP contribution in [0.25, 0.3) is 0 Å². The van der Waals surface area contributed by atoms with E-state index in [1.807, 2.05) is 0 Å². The van der Waals surface area contributed by atoms with E-state index in [4.69, 9.17) is 14.2 Å². The minimum absolute atomic E-state index is 0.200. The van der Waals surface area contributed by atoms with Gasteiger partial charge in [0.25, 0.3) is 0 Å². The van der Waals surface area contributed by atoms with E-state index in [9.17, 15) is 4.79 Å². The van der Waals surface area contributed by atoms with Crippen molar-refractivity contribution < 1.29 is 19.0 Å². The average Bonchev–Trinajstić information content (AvgIpc) is 2.32. The molecule has 0 rings (SSSR count). The van der Waals surface area contributed by atoms with Gasteiger partial charge in [0.05, 0.1) is 17.6 Å². The van der Waals surface area contributed by atoms with Crippen molar-refractivity contribution in [3.63, 3.8) is 0 Å². The van der Waals surface area contributed by atoms with Gasteiger partial charge in [-0.05, 0) is 13.3 Å². The molecule has 0 aliphatic heterocycles. The van der Waals surface area contributed by atoms with Crippen LogP contribution in [0.4, 0.5) is 0 Å². The lowest BCUT2D eigenvalue weighted by Gasteiger charge is -2.14. The molecule has 100 valence electrons. The van der Waals surface area contributed by atoms with Gasteiger partial charge in [-0.15, -0.1) is 0 Å². The Balaban J connectivity index is 3.64. The Morgan fingerprint density at radius 3 is 2.71 bits per heavy atom. The maximum Gasteiger partial charge on any atom is 0.330 e. The largest absolute Gasteiger partial charge is 0.463 e. The van der Waals surface area contributed by atoms with Crippen molar-refractivity contribution in [3.8, 4) is 0 Å². The summed E-state index contributed by atoms with van der Waals surface area (Å²) in [5.74, 6) is -0.339. The first-order chi connectivity index (χ1) is 8.24. The minimum Gasteiger partial charge on any atom is -0.463 e. The predicted octanol–water partition coefficient (Wildman–Crippen LogP) is 2.70. The van der Waals surface area contributed by atoms with Gasteiger partial charge >= 0.3 is 5.97 Å². The number of alkyl halides is 1. The average molecular weight is 356 g/mol. The molecule has 0 fully saturated rings. The SMILES string of the molecule is CCCCOC(CI)OC/C=C/C(=O)OCC. The Bertz CT molecular complexity index is 219. The molecule has 0 N–H and O–H groups in total. The first-order valence-corrected chi connectivity index (χ1v) is 7.39. The van der Waals surface area contributed by atoms with E-state index in [0.29, 0.717) is 19.8 Å². The molecule has 0 aromatic carbocycles. The maximum absolute atomic E-state index is 11.0. The molecule has 17 heavy (non-hydrogen) atoms. The number of carbonyl (C=O) groups excluding carboxylic acids is 1. The van der Waals surface area contributed by atoms with E-state index in [2.05, 4.69) is 29.5 Å². The molecule has 1 unspecified atom stereocenters. The van der Waals surface area contributed by atoms with Crippen molar-refractivity contribution in [3.05, 3.63) is 12.2 Å². The molecule has 0 aromatic rings. The van der Waals surface area contributed by atoms with Crippen molar-refractivity contribution in [2.45, 2.75) is 33.0 Å². The summed E-state index contributed by atoms with van der Waals surface area (Å²) in [6.45, 7) is 5.35. The molecule has 4 nitrogen and oxygen atoms in total. The highest BCUT2D eigenvalue weighted by atomic mass is 127. The minimum atomic E-state index is -0.339. The van der Waals surface area contributed by atoms with Crippen LogP contribution in [0.5, 0.6) is 0 Å². The zero-order valence-electron chi connectivity index (χ0n) is 10.5. The summed E-state index contributed by atoms with van der Waals surface area (Å²) in [4.78, 5) is 11.0. The predicted molar refractivity (Wildman–Crippen MR) is 75.3 cm³/mol. The first kappa shape index (κ1) is 16.9. The van der Waals surface area contributed by atoms with Crippen molar-refractivity contribution in [1.82, 2.24) is 0 Å². The van der Waals surface area contributed by atoms with Crippen LogP contribution >= 0.6 is 22.6 Å². The monoisotopic (exact) mass is 356 g/mol. The molecule has 0 spiro atoms. The topological polar surface area (TPSA) is 44.8 Å². The number of hydrogen-bond donors (Lipinski definition) is 0. The number of ether oxygens (including phenoxy) is 3. The zero-order chi connectivity index (χ0) is 12.9. The molecule has 0 saturated heterocycles. The summed E-state index contributed by atoms with van der Waals surface area (Å²) in [6.07, 6.45) is 4.96. The molecule has 0 aliphatic rings. The Hall–Kier alpha value is -0.140. The second-order valence-corrected chi connectivity index (χ2v) is 4.18. The van der Waals surface area contributed by atoms with Crippen molar-refractivity contribution in [1.29, 1.82) is 0 Å². The highest BCUT2D eigenvalue weighted by molar-refractivity contribution is 14.1. The second kappa shape index (κ2) is 12.3. The summed E-state index contributed by atoms with van der Waals surface area (Å²) < 4.78 is 16.5. The van der Waals surface area contributed by atoms with Gasteiger partial charge in [0.2, 0.25) is 0 Å². The number of rotatable bonds is 10. The van der Waals surface area contributed by atoms with E-state index in [1.165, 1.54) is 6.08 Å². The summed E-state index contributed by atoms with van der Waals surface area (Å²) in [6, 6.07) is 0. The number of hydrogen-bond acceptors (Lipinski definition) is 4. The van der Waals surface area contributed by atoms with Gasteiger partial charge in [0, 0.05) is 12.7 Å². The third-order valence-electron chi connectivity index (χ3n) is 1.85. The van der Waals surface area contributed by atoms with Crippen LogP contribution in [0.2, 0.25) is 0 Å². The summed E-state index contributed by atoms with van der Waals surface area (Å²) >= 11 is 2.21.